The first-order valence-electron chi connectivity index (χ1n) is 5.68. The molecular formula is C11H19F2O6P. The van der Waals surface area contributed by atoms with Crippen molar-refractivity contribution in [3.8, 4) is 0 Å². The monoisotopic (exact) mass is 316 g/mol. The smallest absolute Gasteiger partial charge is 0.371 e. The number of hydrogen-bond acceptors (Lipinski definition) is 4. The van der Waals surface area contributed by atoms with E-state index in [2.05, 4.69) is 22.4 Å². The molecule has 0 aliphatic carbocycles. The molecule has 0 heterocycles. The van der Waals surface area contributed by atoms with E-state index in [1.807, 2.05) is 0 Å². The van der Waals surface area contributed by atoms with Gasteiger partial charge in [0.1, 0.15) is 0 Å². The molecule has 2 N–H and O–H groups in total. The van der Waals surface area contributed by atoms with Crippen LogP contribution >= 0.6 is 7.82 Å². The van der Waals surface area contributed by atoms with E-state index in [0.29, 0.717) is 0 Å². The number of phosphoric ester groups is 1. The van der Waals surface area contributed by atoms with Crippen LogP contribution in [0.4, 0.5) is 8.78 Å². The van der Waals surface area contributed by atoms with Gasteiger partial charge in [0.05, 0.1) is 18.8 Å². The van der Waals surface area contributed by atoms with Gasteiger partial charge in [0.2, 0.25) is 0 Å². The second kappa shape index (κ2) is 7.97. The van der Waals surface area contributed by atoms with Crippen molar-refractivity contribution in [2.24, 2.45) is 0 Å². The summed E-state index contributed by atoms with van der Waals surface area (Å²) in [5.41, 5.74) is 0. The lowest BCUT2D eigenvalue weighted by Crippen LogP contribution is -2.43. The predicted molar refractivity (Wildman–Crippen MR) is 68.2 cm³/mol. The summed E-state index contributed by atoms with van der Waals surface area (Å²) in [6, 6.07) is 0. The van der Waals surface area contributed by atoms with Crippen LogP contribution in [0, 0.1) is 0 Å². The molecule has 0 fully saturated rings. The van der Waals surface area contributed by atoms with Gasteiger partial charge < -0.3 is 19.3 Å². The normalized spacial score (nSPS) is 17.3. The Morgan fingerprint density at radius 3 is 2.15 bits per heavy atom. The maximum Gasteiger partial charge on any atom is 0.470 e. The molecule has 118 valence electrons. The molecule has 0 radical (unpaired) electrons. The molecular weight excluding hydrogens is 297 g/mol. The first-order chi connectivity index (χ1) is 9.01. The summed E-state index contributed by atoms with van der Waals surface area (Å²) >= 11 is 0. The summed E-state index contributed by atoms with van der Waals surface area (Å²) < 4.78 is 51.6. The van der Waals surface area contributed by atoms with Gasteiger partial charge in [-0.3, -0.25) is 4.52 Å². The van der Waals surface area contributed by atoms with Crippen LogP contribution in [0.1, 0.15) is 13.8 Å². The maximum atomic E-state index is 13.8. The largest absolute Gasteiger partial charge is 0.470 e. The summed E-state index contributed by atoms with van der Waals surface area (Å²) in [7, 11) is -5.13. The Morgan fingerprint density at radius 1 is 1.25 bits per heavy atom. The predicted octanol–water partition coefficient (Wildman–Crippen LogP) is 2.24. The first kappa shape index (κ1) is 19.4. The van der Waals surface area contributed by atoms with Crippen molar-refractivity contribution in [2.45, 2.75) is 38.3 Å². The number of halogens is 2. The summed E-state index contributed by atoms with van der Waals surface area (Å²) in [5, 5.41) is 0. The lowest BCUT2D eigenvalue weighted by Gasteiger charge is -2.28. The van der Waals surface area contributed by atoms with Gasteiger partial charge >= 0.3 is 13.9 Å². The summed E-state index contributed by atoms with van der Waals surface area (Å²) in [6.07, 6.45) is -5.42. The highest BCUT2D eigenvalue weighted by Crippen LogP contribution is 2.42. The fraction of sp³-hybridized carbons (Fsp3) is 0.636. The van der Waals surface area contributed by atoms with Crippen LogP contribution in [0.15, 0.2) is 25.3 Å². The van der Waals surface area contributed by atoms with Gasteiger partial charge in [-0.2, -0.15) is 8.78 Å². The van der Waals surface area contributed by atoms with Crippen LogP contribution in [-0.4, -0.2) is 40.8 Å². The molecule has 3 unspecified atom stereocenters. The molecule has 9 heteroatoms. The number of rotatable bonds is 10. The van der Waals surface area contributed by atoms with Crippen LogP contribution in [0.3, 0.4) is 0 Å². The van der Waals surface area contributed by atoms with E-state index in [-0.39, 0.29) is 0 Å². The Hall–Kier alpha value is -0.630. The Bertz CT molecular complexity index is 370. The lowest BCUT2D eigenvalue weighted by molar-refractivity contribution is -0.302. The molecule has 20 heavy (non-hydrogen) atoms. The average Bonchev–Trinajstić information content (AvgIpc) is 2.31. The number of phosphoric acid groups is 1. The average molecular weight is 316 g/mol. The Labute approximate surface area is 116 Å². The van der Waals surface area contributed by atoms with E-state index in [4.69, 9.17) is 14.5 Å². The molecule has 0 spiro atoms. The van der Waals surface area contributed by atoms with Crippen molar-refractivity contribution in [1.82, 2.24) is 0 Å². The van der Waals surface area contributed by atoms with Gasteiger partial charge in [-0.05, 0) is 13.8 Å². The SMILES string of the molecule is C=CC(C)OCC(OP(=O)(O)O)C(F)(F)OC(C)C=C. The minimum absolute atomic E-state index is 0.592. The Morgan fingerprint density at radius 2 is 1.75 bits per heavy atom. The summed E-state index contributed by atoms with van der Waals surface area (Å²) in [4.78, 5) is 17.3. The van der Waals surface area contributed by atoms with Crippen molar-refractivity contribution < 1.29 is 37.1 Å². The van der Waals surface area contributed by atoms with Gasteiger partial charge in [-0.15, -0.1) is 13.2 Å². The zero-order valence-electron chi connectivity index (χ0n) is 11.2. The van der Waals surface area contributed by atoms with E-state index in [9.17, 15) is 13.3 Å². The van der Waals surface area contributed by atoms with E-state index < -0.39 is 38.9 Å². The summed E-state index contributed by atoms with van der Waals surface area (Å²) in [5.74, 6) is 0. The van der Waals surface area contributed by atoms with E-state index in [1.54, 1.807) is 0 Å². The molecule has 0 rings (SSSR count). The van der Waals surface area contributed by atoms with Gasteiger partial charge in [0, 0.05) is 0 Å². The highest BCUT2D eigenvalue weighted by atomic mass is 31.2. The molecule has 0 bridgehead atoms. The molecule has 0 aromatic heterocycles. The van der Waals surface area contributed by atoms with Crippen molar-refractivity contribution in [3.05, 3.63) is 25.3 Å². The van der Waals surface area contributed by atoms with Crippen LogP contribution < -0.4 is 0 Å². The maximum absolute atomic E-state index is 13.8. The zero-order chi connectivity index (χ0) is 16.0. The molecule has 0 aromatic rings. The quantitative estimate of drug-likeness (QED) is 0.475. The van der Waals surface area contributed by atoms with E-state index in [1.165, 1.54) is 19.9 Å². The molecule has 0 aliphatic heterocycles. The lowest BCUT2D eigenvalue weighted by atomic mass is 10.3. The van der Waals surface area contributed by atoms with E-state index in [0.717, 1.165) is 6.08 Å². The molecule has 0 aromatic carbocycles. The number of hydrogen-bond donors (Lipinski definition) is 2. The Balaban J connectivity index is 4.93. The van der Waals surface area contributed by atoms with Crippen LogP contribution in [0.5, 0.6) is 0 Å². The highest BCUT2D eigenvalue weighted by molar-refractivity contribution is 7.46. The minimum atomic E-state index is -5.13. The third-order valence-electron chi connectivity index (χ3n) is 2.16. The first-order valence-corrected chi connectivity index (χ1v) is 7.21. The van der Waals surface area contributed by atoms with E-state index >= 15 is 0 Å². The van der Waals surface area contributed by atoms with Crippen molar-refractivity contribution in [2.75, 3.05) is 6.61 Å². The van der Waals surface area contributed by atoms with Crippen LogP contribution in [-0.2, 0) is 18.6 Å². The minimum Gasteiger partial charge on any atom is -0.371 e. The van der Waals surface area contributed by atoms with Gasteiger partial charge in [0.15, 0.2) is 6.10 Å². The standard InChI is InChI=1S/C11H19F2O6P/c1-5-8(3)17-7-10(19-20(14,15)16)11(12,13)18-9(4)6-2/h5-6,8-10H,1-2,7H2,3-4H3,(H2,14,15,16). The molecule has 0 aliphatic rings. The van der Waals surface area contributed by atoms with Crippen molar-refractivity contribution in [3.63, 3.8) is 0 Å². The van der Waals surface area contributed by atoms with Crippen molar-refractivity contribution in [1.29, 1.82) is 0 Å². The Kier molecular flexibility index (Phi) is 7.72. The van der Waals surface area contributed by atoms with Gasteiger partial charge in [-0.1, -0.05) is 12.2 Å². The number of alkyl halides is 2. The number of ether oxygens (including phenoxy) is 2. The second-order valence-electron chi connectivity index (χ2n) is 3.98. The molecule has 3 atom stereocenters. The highest BCUT2D eigenvalue weighted by Gasteiger charge is 2.46. The van der Waals surface area contributed by atoms with Gasteiger partial charge in [-0.25, -0.2) is 4.57 Å². The third-order valence-corrected chi connectivity index (χ3v) is 2.69. The fourth-order valence-electron chi connectivity index (χ4n) is 1.03. The van der Waals surface area contributed by atoms with Crippen LogP contribution in [0.2, 0.25) is 0 Å². The molecule has 6 nitrogen and oxygen atoms in total. The summed E-state index contributed by atoms with van der Waals surface area (Å²) in [6.45, 7) is 8.69. The molecule has 0 amide bonds. The van der Waals surface area contributed by atoms with Crippen LogP contribution in [0.25, 0.3) is 0 Å². The second-order valence-corrected chi connectivity index (χ2v) is 5.17. The van der Waals surface area contributed by atoms with Crippen molar-refractivity contribution >= 4 is 7.82 Å². The third kappa shape index (κ3) is 7.84. The molecule has 0 saturated carbocycles. The zero-order valence-corrected chi connectivity index (χ0v) is 12.1. The fourth-order valence-corrected chi connectivity index (χ4v) is 1.55. The molecule has 0 saturated heterocycles. The van der Waals surface area contributed by atoms with Gasteiger partial charge in [0.25, 0.3) is 0 Å². The topological polar surface area (TPSA) is 85.2 Å².